The lowest BCUT2D eigenvalue weighted by atomic mass is 9.88. The van der Waals surface area contributed by atoms with Gasteiger partial charge in [-0.25, -0.2) is 4.79 Å². The number of carbonyl (C=O) groups excluding carboxylic acids is 2. The number of rotatable bonds is 5. The van der Waals surface area contributed by atoms with E-state index in [4.69, 9.17) is 4.74 Å². The lowest BCUT2D eigenvalue weighted by molar-refractivity contribution is -0.274. The number of hydrogen-bond donors (Lipinski definition) is 1. The second kappa shape index (κ2) is 8.33. The summed E-state index contributed by atoms with van der Waals surface area (Å²) in [4.78, 5) is 24.1. The molecule has 0 radical (unpaired) electrons. The Morgan fingerprint density at radius 2 is 1.79 bits per heavy atom. The molecule has 1 aliphatic rings. The molecule has 1 atom stereocenters. The van der Waals surface area contributed by atoms with Crippen LogP contribution in [-0.2, 0) is 16.0 Å². The fraction of sp³-hybridized carbons (Fsp3) is 0.300. The smallest absolute Gasteiger partial charge is 0.452 e. The topological polar surface area (TPSA) is 64.6 Å². The number of aryl methyl sites for hydroxylation is 1. The van der Waals surface area contributed by atoms with Crippen molar-refractivity contribution in [3.8, 4) is 5.75 Å². The van der Waals surface area contributed by atoms with Crippen molar-refractivity contribution in [3.05, 3.63) is 65.2 Å². The molecule has 5 nitrogen and oxygen atoms in total. The summed E-state index contributed by atoms with van der Waals surface area (Å²) in [7, 11) is 0. The number of halogens is 3. The minimum atomic E-state index is -4.81. The lowest BCUT2D eigenvalue weighted by Gasteiger charge is -2.26. The lowest BCUT2D eigenvalue weighted by Crippen LogP contribution is -2.34. The number of amides is 1. The number of benzene rings is 2. The number of alkyl halides is 3. The Bertz CT molecular complexity index is 849. The zero-order valence-corrected chi connectivity index (χ0v) is 14.8. The summed E-state index contributed by atoms with van der Waals surface area (Å²) in [6.07, 6.45) is -2.09. The highest BCUT2D eigenvalue weighted by Gasteiger charge is 2.31. The van der Waals surface area contributed by atoms with E-state index >= 15 is 0 Å². The highest BCUT2D eigenvalue weighted by molar-refractivity contribution is 5.91. The quantitative estimate of drug-likeness (QED) is 0.782. The highest BCUT2D eigenvalue weighted by Crippen LogP contribution is 2.29. The maximum Gasteiger partial charge on any atom is 0.573 e. The Hall–Kier alpha value is -3.03. The second-order valence-corrected chi connectivity index (χ2v) is 6.36. The Morgan fingerprint density at radius 3 is 2.50 bits per heavy atom. The first kappa shape index (κ1) is 19.7. The number of nitrogens with one attached hydrogen (secondary N) is 1. The van der Waals surface area contributed by atoms with Gasteiger partial charge in [0.1, 0.15) is 5.75 Å². The van der Waals surface area contributed by atoms with Crippen LogP contribution in [0.3, 0.4) is 0 Å². The first-order valence-electron chi connectivity index (χ1n) is 8.72. The summed E-state index contributed by atoms with van der Waals surface area (Å²) in [5.41, 5.74) is 2.27. The summed E-state index contributed by atoms with van der Waals surface area (Å²) < 4.78 is 45.1. The van der Waals surface area contributed by atoms with E-state index in [2.05, 4.69) is 10.1 Å². The average molecular weight is 393 g/mol. The van der Waals surface area contributed by atoms with Crippen LogP contribution >= 0.6 is 0 Å². The van der Waals surface area contributed by atoms with Crippen LogP contribution in [-0.4, -0.2) is 24.8 Å². The fourth-order valence-corrected chi connectivity index (χ4v) is 3.15. The van der Waals surface area contributed by atoms with Crippen molar-refractivity contribution in [3.63, 3.8) is 0 Å². The number of ether oxygens (including phenoxy) is 2. The molecule has 3 rings (SSSR count). The maximum absolute atomic E-state index is 12.1. The van der Waals surface area contributed by atoms with Crippen LogP contribution in [0.5, 0.6) is 5.75 Å². The molecule has 1 aliphatic carbocycles. The van der Waals surface area contributed by atoms with Crippen molar-refractivity contribution in [2.45, 2.75) is 31.7 Å². The Balaban J connectivity index is 1.52. The molecule has 0 aromatic heterocycles. The van der Waals surface area contributed by atoms with E-state index in [1.807, 2.05) is 24.3 Å². The van der Waals surface area contributed by atoms with Crippen LogP contribution in [0.4, 0.5) is 13.2 Å². The van der Waals surface area contributed by atoms with Gasteiger partial charge < -0.3 is 14.8 Å². The zero-order chi connectivity index (χ0) is 20.1. The van der Waals surface area contributed by atoms with Gasteiger partial charge in [-0.1, -0.05) is 24.3 Å². The van der Waals surface area contributed by atoms with Gasteiger partial charge in [0.25, 0.3) is 5.91 Å². The molecule has 1 N–H and O–H groups in total. The van der Waals surface area contributed by atoms with Crippen LogP contribution in [0.15, 0.2) is 48.5 Å². The molecule has 8 heteroatoms. The molecular weight excluding hydrogens is 375 g/mol. The van der Waals surface area contributed by atoms with Crippen LogP contribution in [0.1, 0.15) is 40.4 Å². The standard InChI is InChI=1S/C20H18F3NO4/c21-20(22,23)28-15-10-8-14(9-11-15)19(26)27-12-18(25)24-17-7-3-5-13-4-1-2-6-16(13)17/h1-2,4,6,8-11,17H,3,5,7,12H2,(H,24,25). The van der Waals surface area contributed by atoms with Crippen molar-refractivity contribution < 1.29 is 32.2 Å². The van der Waals surface area contributed by atoms with Gasteiger partial charge in [0.05, 0.1) is 11.6 Å². The van der Waals surface area contributed by atoms with Gasteiger partial charge in [-0.05, 0) is 54.7 Å². The first-order valence-corrected chi connectivity index (χ1v) is 8.72. The molecule has 0 saturated carbocycles. The molecule has 0 saturated heterocycles. The van der Waals surface area contributed by atoms with E-state index in [0.29, 0.717) is 0 Å². The Kier molecular flexibility index (Phi) is 5.87. The summed E-state index contributed by atoms with van der Waals surface area (Å²) in [5.74, 6) is -1.69. The van der Waals surface area contributed by atoms with Crippen molar-refractivity contribution in [1.82, 2.24) is 5.32 Å². The number of carbonyl (C=O) groups is 2. The van der Waals surface area contributed by atoms with Crippen LogP contribution in [0.2, 0.25) is 0 Å². The second-order valence-electron chi connectivity index (χ2n) is 6.36. The molecule has 0 fully saturated rings. The first-order chi connectivity index (χ1) is 13.3. The largest absolute Gasteiger partial charge is 0.573 e. The molecule has 2 aromatic rings. The van der Waals surface area contributed by atoms with Gasteiger partial charge in [-0.15, -0.1) is 13.2 Å². The normalized spacial score (nSPS) is 16.0. The average Bonchev–Trinajstić information content (AvgIpc) is 2.66. The molecule has 0 aliphatic heterocycles. The minimum absolute atomic E-state index is 0.0188. The van der Waals surface area contributed by atoms with Gasteiger partial charge >= 0.3 is 12.3 Å². The highest BCUT2D eigenvalue weighted by atomic mass is 19.4. The molecular formula is C20H18F3NO4. The fourth-order valence-electron chi connectivity index (χ4n) is 3.15. The number of hydrogen-bond acceptors (Lipinski definition) is 4. The summed E-state index contributed by atoms with van der Waals surface area (Å²) >= 11 is 0. The molecule has 0 bridgehead atoms. The maximum atomic E-state index is 12.1. The van der Waals surface area contributed by atoms with E-state index in [1.165, 1.54) is 5.56 Å². The van der Waals surface area contributed by atoms with Gasteiger partial charge in [-0.3, -0.25) is 4.79 Å². The number of fused-ring (bicyclic) bond motifs is 1. The van der Waals surface area contributed by atoms with Crippen molar-refractivity contribution in [2.75, 3.05) is 6.61 Å². The van der Waals surface area contributed by atoms with E-state index in [-0.39, 0.29) is 11.6 Å². The molecule has 1 amide bonds. The summed E-state index contributed by atoms with van der Waals surface area (Å²) in [6, 6.07) is 12.0. The monoisotopic (exact) mass is 393 g/mol. The van der Waals surface area contributed by atoms with Crippen LogP contribution < -0.4 is 10.1 Å². The van der Waals surface area contributed by atoms with Crippen molar-refractivity contribution in [2.24, 2.45) is 0 Å². The van der Waals surface area contributed by atoms with Gasteiger partial charge in [0, 0.05) is 0 Å². The Morgan fingerprint density at radius 1 is 1.07 bits per heavy atom. The SMILES string of the molecule is O=C(COC(=O)c1ccc(OC(F)(F)F)cc1)NC1CCCc2ccccc21. The van der Waals surface area contributed by atoms with Crippen LogP contribution in [0, 0.1) is 0 Å². The summed E-state index contributed by atoms with van der Waals surface area (Å²) in [5, 5.41) is 2.86. The van der Waals surface area contributed by atoms with Gasteiger partial charge in [0.2, 0.25) is 0 Å². The predicted octanol–water partition coefficient (Wildman–Crippen LogP) is 3.94. The van der Waals surface area contributed by atoms with Crippen LogP contribution in [0.25, 0.3) is 0 Å². The molecule has 0 heterocycles. The molecule has 0 spiro atoms. The van der Waals surface area contributed by atoms with E-state index in [0.717, 1.165) is 49.1 Å². The van der Waals surface area contributed by atoms with E-state index in [9.17, 15) is 22.8 Å². The van der Waals surface area contributed by atoms with E-state index < -0.39 is 30.6 Å². The zero-order valence-electron chi connectivity index (χ0n) is 14.8. The third-order valence-corrected chi connectivity index (χ3v) is 4.36. The molecule has 148 valence electrons. The predicted molar refractivity (Wildman–Crippen MR) is 93.7 cm³/mol. The van der Waals surface area contributed by atoms with Gasteiger partial charge in [0.15, 0.2) is 6.61 Å². The van der Waals surface area contributed by atoms with E-state index in [1.54, 1.807) is 0 Å². The van der Waals surface area contributed by atoms with Crippen molar-refractivity contribution in [1.29, 1.82) is 0 Å². The minimum Gasteiger partial charge on any atom is -0.452 e. The van der Waals surface area contributed by atoms with Gasteiger partial charge in [-0.2, -0.15) is 0 Å². The third kappa shape index (κ3) is 5.25. The molecule has 28 heavy (non-hydrogen) atoms. The van der Waals surface area contributed by atoms with Crippen molar-refractivity contribution >= 4 is 11.9 Å². The summed E-state index contributed by atoms with van der Waals surface area (Å²) in [6.45, 7) is -0.474. The molecule has 1 unspecified atom stereocenters. The third-order valence-electron chi connectivity index (χ3n) is 4.36. The number of esters is 1. The Labute approximate surface area is 159 Å². The molecule has 2 aromatic carbocycles.